The molecular weight excluding hydrogens is 466 g/mol. The Hall–Kier alpha value is -4.30. The smallest absolute Gasteiger partial charge is 0.267 e. The van der Waals surface area contributed by atoms with Crippen molar-refractivity contribution in [3.8, 4) is 11.4 Å². The molecule has 0 fully saturated rings. The fraction of sp³-hybridized carbons (Fsp3) is 0. The number of amides is 1. The number of nitrogens with zero attached hydrogens (tertiary/aromatic N) is 1. The molecule has 6 nitrogen and oxygen atoms in total. The standard InChI is InChI=1S/C25H15ClF2N2O4/c26-15-1-10-22(31)20(12-15)23(32)14-11-21(24(33)29-18-6-2-16(27)3-7-18)25(34)30(13-14)19-8-4-17(28)5-9-19/h1-13,31H,(H,29,33). The Morgan fingerprint density at radius 3 is 2.12 bits per heavy atom. The third-order valence-corrected chi connectivity index (χ3v) is 5.17. The van der Waals surface area contributed by atoms with Crippen molar-refractivity contribution in [1.82, 2.24) is 4.57 Å². The average molecular weight is 481 g/mol. The molecule has 4 aromatic rings. The SMILES string of the molecule is O=C(c1cc(C(=O)Nc2ccc(F)cc2)c(=O)n(-c2ccc(F)cc2)c1)c1cc(Cl)ccc1O. The van der Waals surface area contributed by atoms with E-state index in [0.29, 0.717) is 0 Å². The zero-order chi connectivity index (χ0) is 24.4. The molecule has 170 valence electrons. The molecule has 9 heteroatoms. The molecule has 2 N–H and O–H groups in total. The maximum absolute atomic E-state index is 13.4. The minimum atomic E-state index is -0.850. The Bertz CT molecular complexity index is 1470. The van der Waals surface area contributed by atoms with E-state index in [2.05, 4.69) is 5.32 Å². The van der Waals surface area contributed by atoms with E-state index >= 15 is 0 Å². The van der Waals surface area contributed by atoms with Crippen LogP contribution in [0.25, 0.3) is 5.69 Å². The van der Waals surface area contributed by atoms with Crippen LogP contribution in [0.1, 0.15) is 26.3 Å². The summed E-state index contributed by atoms with van der Waals surface area (Å²) in [4.78, 5) is 39.2. The van der Waals surface area contributed by atoms with Gasteiger partial charge in [-0.15, -0.1) is 0 Å². The third-order valence-electron chi connectivity index (χ3n) is 4.93. The molecule has 34 heavy (non-hydrogen) atoms. The lowest BCUT2D eigenvalue weighted by atomic mass is 10.0. The van der Waals surface area contributed by atoms with Crippen LogP contribution in [0.4, 0.5) is 14.5 Å². The van der Waals surface area contributed by atoms with E-state index in [4.69, 9.17) is 11.6 Å². The summed E-state index contributed by atoms with van der Waals surface area (Å²) in [5.41, 5.74) is -0.998. The van der Waals surface area contributed by atoms with Gasteiger partial charge in [-0.2, -0.15) is 0 Å². The average Bonchev–Trinajstić information content (AvgIpc) is 2.82. The normalized spacial score (nSPS) is 10.7. The number of ketones is 1. The van der Waals surface area contributed by atoms with Gasteiger partial charge in [-0.25, -0.2) is 8.78 Å². The molecule has 0 aliphatic rings. The van der Waals surface area contributed by atoms with Gasteiger partial charge in [0.25, 0.3) is 11.5 Å². The van der Waals surface area contributed by atoms with E-state index in [1.54, 1.807) is 0 Å². The summed E-state index contributed by atoms with van der Waals surface area (Å²) in [6, 6.07) is 14.7. The number of hydrogen-bond donors (Lipinski definition) is 2. The Kier molecular flexibility index (Phi) is 6.25. The maximum Gasteiger partial charge on any atom is 0.267 e. The number of carbonyl (C=O) groups is 2. The first-order chi connectivity index (χ1) is 16.2. The van der Waals surface area contributed by atoms with Crippen LogP contribution in [-0.2, 0) is 0 Å². The van der Waals surface area contributed by atoms with E-state index in [1.165, 1.54) is 48.7 Å². The Labute approximate surface area is 196 Å². The summed E-state index contributed by atoms with van der Waals surface area (Å²) in [6.07, 6.45) is 1.19. The Morgan fingerprint density at radius 2 is 1.47 bits per heavy atom. The Balaban J connectivity index is 1.85. The molecule has 0 radical (unpaired) electrons. The number of benzene rings is 3. The van der Waals surface area contributed by atoms with Crippen LogP contribution in [-0.4, -0.2) is 21.4 Å². The van der Waals surface area contributed by atoms with Crippen LogP contribution in [0.2, 0.25) is 5.02 Å². The molecule has 0 unspecified atom stereocenters. The second-order valence-corrected chi connectivity index (χ2v) is 7.68. The lowest BCUT2D eigenvalue weighted by Crippen LogP contribution is -2.29. The molecule has 1 amide bonds. The lowest BCUT2D eigenvalue weighted by Gasteiger charge is -2.13. The van der Waals surface area contributed by atoms with E-state index < -0.39 is 34.4 Å². The molecule has 0 aliphatic heterocycles. The van der Waals surface area contributed by atoms with Crippen molar-refractivity contribution in [3.63, 3.8) is 0 Å². The number of phenols is 1. The van der Waals surface area contributed by atoms with Gasteiger partial charge in [-0.1, -0.05) is 11.6 Å². The number of pyridine rings is 1. The fourth-order valence-electron chi connectivity index (χ4n) is 3.24. The van der Waals surface area contributed by atoms with Gasteiger partial charge < -0.3 is 10.4 Å². The van der Waals surface area contributed by atoms with Gasteiger partial charge in [0.05, 0.1) is 5.56 Å². The van der Waals surface area contributed by atoms with Crippen LogP contribution in [0.5, 0.6) is 5.75 Å². The van der Waals surface area contributed by atoms with Gasteiger partial charge in [0, 0.05) is 28.2 Å². The van der Waals surface area contributed by atoms with E-state index in [1.807, 2.05) is 0 Å². The molecule has 0 saturated heterocycles. The van der Waals surface area contributed by atoms with Crippen molar-refractivity contribution >= 4 is 29.0 Å². The summed E-state index contributed by atoms with van der Waals surface area (Å²) < 4.78 is 27.6. The summed E-state index contributed by atoms with van der Waals surface area (Å²) in [5.74, 6) is -2.94. The highest BCUT2D eigenvalue weighted by Gasteiger charge is 2.21. The van der Waals surface area contributed by atoms with Crippen LogP contribution in [0.15, 0.2) is 83.8 Å². The van der Waals surface area contributed by atoms with E-state index in [0.717, 1.165) is 34.9 Å². The zero-order valence-corrected chi connectivity index (χ0v) is 18.0. The van der Waals surface area contributed by atoms with Crippen LogP contribution < -0.4 is 10.9 Å². The first-order valence-electron chi connectivity index (χ1n) is 9.86. The number of phenolic OH excluding ortho intramolecular Hbond substituents is 1. The van der Waals surface area contributed by atoms with Crippen molar-refractivity contribution in [2.75, 3.05) is 5.32 Å². The van der Waals surface area contributed by atoms with Crippen LogP contribution in [0, 0.1) is 11.6 Å². The van der Waals surface area contributed by atoms with Gasteiger partial charge in [0.1, 0.15) is 22.9 Å². The molecule has 0 spiro atoms. The van der Waals surface area contributed by atoms with Crippen molar-refractivity contribution < 1.29 is 23.5 Å². The van der Waals surface area contributed by atoms with Crippen molar-refractivity contribution in [2.45, 2.75) is 0 Å². The van der Waals surface area contributed by atoms with Crippen molar-refractivity contribution in [1.29, 1.82) is 0 Å². The summed E-state index contributed by atoms with van der Waals surface area (Å²) >= 11 is 5.95. The summed E-state index contributed by atoms with van der Waals surface area (Å²) in [5, 5.41) is 12.8. The molecule has 3 aromatic carbocycles. The number of carbonyl (C=O) groups excluding carboxylic acids is 2. The molecule has 0 bridgehead atoms. The van der Waals surface area contributed by atoms with Gasteiger partial charge in [-0.05, 0) is 72.8 Å². The number of nitrogens with one attached hydrogen (secondary N) is 1. The molecule has 1 aromatic heterocycles. The molecule has 0 aliphatic carbocycles. The first-order valence-corrected chi connectivity index (χ1v) is 10.2. The molecule has 1 heterocycles. The number of hydrogen-bond acceptors (Lipinski definition) is 4. The van der Waals surface area contributed by atoms with Crippen molar-refractivity contribution in [3.05, 3.63) is 123 Å². The first kappa shape index (κ1) is 22.9. The molecular formula is C25H15ClF2N2O4. The largest absolute Gasteiger partial charge is 0.507 e. The summed E-state index contributed by atoms with van der Waals surface area (Å²) in [7, 11) is 0. The highest BCUT2D eigenvalue weighted by atomic mass is 35.5. The topological polar surface area (TPSA) is 88.4 Å². The fourth-order valence-corrected chi connectivity index (χ4v) is 3.41. The number of rotatable bonds is 5. The maximum atomic E-state index is 13.4. The third kappa shape index (κ3) is 4.72. The minimum absolute atomic E-state index is 0.106. The van der Waals surface area contributed by atoms with E-state index in [9.17, 15) is 28.3 Å². The highest BCUT2D eigenvalue weighted by molar-refractivity contribution is 6.31. The number of anilines is 1. The number of aromatic nitrogens is 1. The zero-order valence-electron chi connectivity index (χ0n) is 17.3. The van der Waals surface area contributed by atoms with Gasteiger partial charge in [-0.3, -0.25) is 19.0 Å². The predicted molar refractivity (Wildman–Crippen MR) is 123 cm³/mol. The van der Waals surface area contributed by atoms with Crippen LogP contribution in [0.3, 0.4) is 0 Å². The van der Waals surface area contributed by atoms with Crippen molar-refractivity contribution in [2.24, 2.45) is 0 Å². The minimum Gasteiger partial charge on any atom is -0.507 e. The molecule has 0 saturated carbocycles. The molecule has 4 rings (SSSR count). The van der Waals surface area contributed by atoms with Gasteiger partial charge in [0.2, 0.25) is 0 Å². The molecule has 0 atom stereocenters. The number of halogens is 3. The quantitative estimate of drug-likeness (QED) is 0.395. The summed E-state index contributed by atoms with van der Waals surface area (Å²) in [6.45, 7) is 0. The van der Waals surface area contributed by atoms with Gasteiger partial charge >= 0.3 is 0 Å². The number of aromatic hydroxyl groups is 1. The second kappa shape index (κ2) is 9.29. The Morgan fingerprint density at radius 1 is 0.853 bits per heavy atom. The van der Waals surface area contributed by atoms with Gasteiger partial charge in [0.15, 0.2) is 5.78 Å². The van der Waals surface area contributed by atoms with Crippen LogP contribution >= 0.6 is 11.6 Å². The monoisotopic (exact) mass is 480 g/mol. The highest BCUT2D eigenvalue weighted by Crippen LogP contribution is 2.25. The second-order valence-electron chi connectivity index (χ2n) is 7.25. The lowest BCUT2D eigenvalue weighted by molar-refractivity contribution is 0.102. The van der Waals surface area contributed by atoms with E-state index in [-0.39, 0.29) is 33.3 Å². The predicted octanol–water partition coefficient (Wildman–Crippen LogP) is 4.96.